The Hall–Kier alpha value is -1.13. The first-order valence-electron chi connectivity index (χ1n) is 17.6. The minimum Gasteiger partial charge on any atom is -0.394 e. The fourth-order valence-electron chi connectivity index (χ4n) is 5.17. The summed E-state index contributed by atoms with van der Waals surface area (Å²) in [6, 6.07) is -0.619. The highest BCUT2D eigenvalue weighted by Crippen LogP contribution is 2.13. The average Bonchev–Trinajstić information content (AvgIpc) is 2.96. The molecule has 0 heterocycles. The van der Waals surface area contributed by atoms with Gasteiger partial charge in [-0.2, -0.15) is 0 Å². The zero-order valence-corrected chi connectivity index (χ0v) is 26.9. The van der Waals surface area contributed by atoms with E-state index in [0.29, 0.717) is 6.42 Å². The highest BCUT2D eigenvalue weighted by atomic mass is 16.3. The Morgan fingerprint density at radius 3 is 1.38 bits per heavy atom. The van der Waals surface area contributed by atoms with E-state index in [-0.39, 0.29) is 12.5 Å². The van der Waals surface area contributed by atoms with Crippen LogP contribution >= 0.6 is 0 Å². The molecule has 4 heteroatoms. The average molecular weight is 564 g/mol. The van der Waals surface area contributed by atoms with Crippen molar-refractivity contribution < 1.29 is 15.0 Å². The van der Waals surface area contributed by atoms with Crippen LogP contribution in [-0.2, 0) is 4.79 Å². The Balaban J connectivity index is 3.62. The summed E-state index contributed by atoms with van der Waals surface area (Å²) in [6.07, 6.45) is 39.7. The Kier molecular flexibility index (Phi) is 31.5. The van der Waals surface area contributed by atoms with Gasteiger partial charge in [-0.15, -0.1) is 0 Å². The number of aliphatic hydroxyl groups is 2. The molecule has 0 aliphatic heterocycles. The molecule has 40 heavy (non-hydrogen) atoms. The molecule has 0 saturated heterocycles. The molecule has 0 saturated carbocycles. The summed E-state index contributed by atoms with van der Waals surface area (Å²) in [5, 5.41) is 22.8. The lowest BCUT2D eigenvalue weighted by Gasteiger charge is -2.20. The molecule has 3 N–H and O–H groups in total. The maximum atomic E-state index is 12.3. The first-order chi connectivity index (χ1) is 19.7. The summed E-state index contributed by atoms with van der Waals surface area (Å²) in [4.78, 5) is 12.3. The topological polar surface area (TPSA) is 69.6 Å². The molecule has 0 aromatic heterocycles. The maximum absolute atomic E-state index is 12.3. The van der Waals surface area contributed by atoms with Crippen LogP contribution in [0.2, 0.25) is 0 Å². The summed E-state index contributed by atoms with van der Waals surface area (Å²) >= 11 is 0. The third-order valence-electron chi connectivity index (χ3n) is 7.93. The number of allylic oxidation sites excluding steroid dienone is 3. The van der Waals surface area contributed by atoms with Crippen molar-refractivity contribution in [1.82, 2.24) is 5.32 Å². The van der Waals surface area contributed by atoms with Gasteiger partial charge < -0.3 is 15.5 Å². The Bertz CT molecular complexity index is 574. The smallest absolute Gasteiger partial charge is 0.220 e. The lowest BCUT2D eigenvalue weighted by atomic mass is 10.1. The summed E-state index contributed by atoms with van der Waals surface area (Å²) in [7, 11) is 0. The zero-order chi connectivity index (χ0) is 29.4. The maximum Gasteiger partial charge on any atom is 0.220 e. The number of aliphatic hydroxyl groups excluding tert-OH is 2. The van der Waals surface area contributed by atoms with E-state index in [1.54, 1.807) is 6.08 Å². The van der Waals surface area contributed by atoms with Gasteiger partial charge in [0.05, 0.1) is 18.8 Å². The number of carbonyl (C=O) groups excluding carboxylic acids is 1. The first-order valence-corrected chi connectivity index (χ1v) is 17.6. The molecule has 0 rings (SSSR count). The molecule has 1 amide bonds. The number of hydrogen-bond donors (Lipinski definition) is 3. The highest BCUT2D eigenvalue weighted by molar-refractivity contribution is 5.76. The van der Waals surface area contributed by atoms with Crippen molar-refractivity contribution in [2.75, 3.05) is 6.61 Å². The second-order valence-electron chi connectivity index (χ2n) is 11.9. The van der Waals surface area contributed by atoms with Crippen molar-refractivity contribution in [3.63, 3.8) is 0 Å². The van der Waals surface area contributed by atoms with Crippen molar-refractivity contribution >= 4 is 5.91 Å². The number of hydrogen-bond acceptors (Lipinski definition) is 3. The van der Waals surface area contributed by atoms with E-state index >= 15 is 0 Å². The molecule has 236 valence electrons. The summed E-state index contributed by atoms with van der Waals surface area (Å²) in [5.74, 6) is -0.0711. The van der Waals surface area contributed by atoms with Gasteiger partial charge in [0.15, 0.2) is 0 Å². The molecular weight excluding hydrogens is 494 g/mol. The van der Waals surface area contributed by atoms with Crippen LogP contribution in [0.1, 0.15) is 181 Å². The Morgan fingerprint density at radius 1 is 0.575 bits per heavy atom. The molecule has 0 spiro atoms. The fraction of sp³-hybridized carbons (Fsp3) is 0.861. The molecular formula is C36H69NO3. The largest absolute Gasteiger partial charge is 0.394 e. The van der Waals surface area contributed by atoms with E-state index in [0.717, 1.165) is 25.7 Å². The molecule has 2 unspecified atom stereocenters. The van der Waals surface area contributed by atoms with Crippen LogP contribution in [0.15, 0.2) is 24.3 Å². The molecule has 0 aromatic rings. The van der Waals surface area contributed by atoms with Crippen molar-refractivity contribution in [2.24, 2.45) is 0 Å². The summed E-state index contributed by atoms with van der Waals surface area (Å²) in [5.41, 5.74) is 0. The number of carbonyl (C=O) groups is 1. The molecule has 0 fully saturated rings. The highest BCUT2D eigenvalue weighted by Gasteiger charge is 2.17. The molecule has 0 radical (unpaired) electrons. The molecule has 0 aliphatic carbocycles. The predicted octanol–water partition coefficient (Wildman–Crippen LogP) is 10.1. The normalized spacial score (nSPS) is 13.4. The third kappa shape index (κ3) is 28.4. The zero-order valence-electron chi connectivity index (χ0n) is 26.9. The molecule has 0 bridgehead atoms. The number of nitrogens with one attached hydrogen (secondary N) is 1. The van der Waals surface area contributed by atoms with E-state index < -0.39 is 12.1 Å². The summed E-state index contributed by atoms with van der Waals surface area (Å²) < 4.78 is 0. The van der Waals surface area contributed by atoms with E-state index in [4.69, 9.17) is 0 Å². The van der Waals surface area contributed by atoms with Gasteiger partial charge in [0, 0.05) is 6.42 Å². The summed E-state index contributed by atoms with van der Waals surface area (Å²) in [6.45, 7) is 4.28. The number of rotatable bonds is 31. The predicted molar refractivity (Wildman–Crippen MR) is 175 cm³/mol. The van der Waals surface area contributed by atoms with Crippen molar-refractivity contribution in [3.8, 4) is 0 Å². The van der Waals surface area contributed by atoms with Gasteiger partial charge in [-0.3, -0.25) is 4.79 Å². The minimum absolute atomic E-state index is 0.0711. The van der Waals surface area contributed by atoms with Gasteiger partial charge in [-0.05, 0) is 44.9 Å². The van der Waals surface area contributed by atoms with E-state index in [2.05, 4.69) is 31.3 Å². The van der Waals surface area contributed by atoms with Gasteiger partial charge in [-0.25, -0.2) is 0 Å². The fourth-order valence-corrected chi connectivity index (χ4v) is 5.17. The number of amides is 1. The van der Waals surface area contributed by atoms with Gasteiger partial charge in [0.1, 0.15) is 0 Å². The minimum atomic E-state index is -0.835. The van der Waals surface area contributed by atoms with Crippen LogP contribution in [0, 0.1) is 0 Å². The standard InChI is InChI=1S/C36H69NO3/c1-3-5-7-9-11-13-15-16-17-18-19-20-22-24-26-28-30-32-36(40)37-34(33-38)35(39)31-29-27-25-23-21-14-12-10-8-6-4-2/h16-17,29,31,34-35,38-39H,3-15,18-28,30,32-33H2,1-2H3,(H,37,40)/b17-16-,31-29+. The Labute approximate surface area is 249 Å². The van der Waals surface area contributed by atoms with E-state index in [1.165, 1.54) is 135 Å². The third-order valence-corrected chi connectivity index (χ3v) is 7.93. The van der Waals surface area contributed by atoms with Gasteiger partial charge in [0.25, 0.3) is 0 Å². The van der Waals surface area contributed by atoms with Crippen LogP contribution in [0.25, 0.3) is 0 Å². The van der Waals surface area contributed by atoms with Crippen LogP contribution < -0.4 is 5.32 Å². The molecule has 4 nitrogen and oxygen atoms in total. The second kappa shape index (κ2) is 32.4. The van der Waals surface area contributed by atoms with E-state index in [9.17, 15) is 15.0 Å². The van der Waals surface area contributed by atoms with Crippen molar-refractivity contribution in [1.29, 1.82) is 0 Å². The second-order valence-corrected chi connectivity index (χ2v) is 11.9. The van der Waals surface area contributed by atoms with Crippen LogP contribution in [0.5, 0.6) is 0 Å². The number of unbranched alkanes of at least 4 members (excludes halogenated alkanes) is 22. The van der Waals surface area contributed by atoms with Crippen molar-refractivity contribution in [2.45, 2.75) is 193 Å². The van der Waals surface area contributed by atoms with Crippen LogP contribution in [0.3, 0.4) is 0 Å². The van der Waals surface area contributed by atoms with Gasteiger partial charge in [-0.1, -0.05) is 154 Å². The van der Waals surface area contributed by atoms with Gasteiger partial charge in [0.2, 0.25) is 5.91 Å². The molecule has 0 aromatic carbocycles. The van der Waals surface area contributed by atoms with Crippen LogP contribution in [0.4, 0.5) is 0 Å². The lowest BCUT2D eigenvalue weighted by molar-refractivity contribution is -0.123. The van der Waals surface area contributed by atoms with Crippen LogP contribution in [-0.4, -0.2) is 34.9 Å². The Morgan fingerprint density at radius 2 is 0.950 bits per heavy atom. The SMILES string of the molecule is CCCCCCCC/C=C\CCCCCCCCCC(=O)NC(CO)C(O)/C=C/CCCCCCCCCCC. The van der Waals surface area contributed by atoms with Gasteiger partial charge >= 0.3 is 0 Å². The lowest BCUT2D eigenvalue weighted by Crippen LogP contribution is -2.45. The van der Waals surface area contributed by atoms with Crippen molar-refractivity contribution in [3.05, 3.63) is 24.3 Å². The monoisotopic (exact) mass is 564 g/mol. The molecule has 2 atom stereocenters. The quantitative estimate of drug-likeness (QED) is 0.0580. The molecule has 0 aliphatic rings. The van der Waals surface area contributed by atoms with E-state index in [1.807, 2.05) is 6.08 Å². The first kappa shape index (κ1) is 38.9.